The molecule has 0 aliphatic carbocycles. The van der Waals surface area contributed by atoms with Crippen LogP contribution in [0.1, 0.15) is 30.2 Å². The summed E-state index contributed by atoms with van der Waals surface area (Å²) in [6.07, 6.45) is 5.45. The summed E-state index contributed by atoms with van der Waals surface area (Å²) in [7, 11) is 0. The fourth-order valence-electron chi connectivity index (χ4n) is 4.58. The molecular weight excluding hydrogens is 548 g/mol. The van der Waals surface area contributed by atoms with Crippen LogP contribution in [0.2, 0.25) is 5.28 Å². The molecule has 0 unspecified atom stereocenters. The van der Waals surface area contributed by atoms with Crippen LogP contribution >= 0.6 is 11.6 Å². The largest absolute Gasteiger partial charge is 0.508 e. The monoisotopic (exact) mass is 574 g/mol. The van der Waals surface area contributed by atoms with Crippen molar-refractivity contribution in [1.29, 1.82) is 0 Å². The topological polar surface area (TPSA) is 125 Å². The van der Waals surface area contributed by atoms with E-state index in [1.807, 2.05) is 60.7 Å². The predicted octanol–water partition coefficient (Wildman–Crippen LogP) is 4.66. The molecule has 10 nitrogen and oxygen atoms in total. The summed E-state index contributed by atoms with van der Waals surface area (Å²) in [4.78, 5) is 33.4. The molecule has 0 radical (unpaired) electrons. The van der Waals surface area contributed by atoms with Gasteiger partial charge in [0.05, 0.1) is 5.39 Å². The average Bonchev–Trinajstić information content (AvgIpc) is 3.56. The van der Waals surface area contributed by atoms with E-state index in [0.29, 0.717) is 17.5 Å². The van der Waals surface area contributed by atoms with Gasteiger partial charge in [-0.1, -0.05) is 66.6 Å². The number of ether oxygens (including phenoxy) is 3. The summed E-state index contributed by atoms with van der Waals surface area (Å²) in [5, 5.41) is 14.1. The van der Waals surface area contributed by atoms with E-state index in [2.05, 4.69) is 21.2 Å². The van der Waals surface area contributed by atoms with E-state index >= 15 is 0 Å². The van der Waals surface area contributed by atoms with E-state index in [-0.39, 0.29) is 36.5 Å². The third-order valence-electron chi connectivity index (χ3n) is 6.75. The molecule has 5 rings (SSSR count). The van der Waals surface area contributed by atoms with Crippen LogP contribution in [0.3, 0.4) is 0 Å². The molecule has 1 saturated heterocycles. The molecule has 0 bridgehead atoms. The van der Waals surface area contributed by atoms with Crippen molar-refractivity contribution in [2.45, 2.75) is 43.8 Å². The van der Waals surface area contributed by atoms with Gasteiger partial charge in [0.25, 0.3) is 0 Å². The van der Waals surface area contributed by atoms with Crippen LogP contribution in [-0.4, -0.2) is 50.0 Å². The highest BCUT2D eigenvalue weighted by atomic mass is 35.5. The summed E-state index contributed by atoms with van der Waals surface area (Å²) in [5.41, 5.74) is 0.594. The number of hydrogen-bond donors (Lipinski definition) is 2. The van der Waals surface area contributed by atoms with Gasteiger partial charge in [-0.2, -0.15) is 9.97 Å². The van der Waals surface area contributed by atoms with E-state index in [9.17, 15) is 14.7 Å². The summed E-state index contributed by atoms with van der Waals surface area (Å²) in [6, 6.07) is 20.5. The number of aryl methyl sites for hydroxylation is 1. The lowest BCUT2D eigenvalue weighted by Crippen LogP contribution is -2.43. The number of aliphatic hydroxyl groups excluding tert-OH is 1. The lowest BCUT2D eigenvalue weighted by Gasteiger charge is -2.26. The van der Waals surface area contributed by atoms with Crippen molar-refractivity contribution in [2.75, 3.05) is 11.9 Å². The zero-order valence-electron chi connectivity index (χ0n) is 21.9. The molecule has 1 aliphatic heterocycles. The second-order valence-electron chi connectivity index (χ2n) is 9.51. The SMILES string of the molecule is C#C[C@]1(COC(=O)OCc2ccccc2)O[C@@H](n2ccc3c(NC(=O)CCc4ccccc4)nc(Cl)nc32)C[C@@H]1O. The Balaban J connectivity index is 1.25. The second kappa shape index (κ2) is 12.4. The Bertz CT molecular complexity index is 1570. The normalized spacial score (nSPS) is 19.9. The first kappa shape index (κ1) is 28.1. The number of hydrogen-bond acceptors (Lipinski definition) is 8. The number of fused-ring (bicyclic) bond motifs is 1. The Hall–Kier alpha value is -4.43. The summed E-state index contributed by atoms with van der Waals surface area (Å²) in [5.74, 6) is 2.46. The minimum atomic E-state index is -1.61. The Morgan fingerprint density at radius 3 is 2.51 bits per heavy atom. The van der Waals surface area contributed by atoms with E-state index in [1.165, 1.54) is 0 Å². The Kier molecular flexibility index (Phi) is 8.50. The number of terminal acetylenes is 1. The lowest BCUT2D eigenvalue weighted by atomic mass is 9.99. The van der Waals surface area contributed by atoms with Crippen molar-refractivity contribution in [3.63, 3.8) is 0 Å². The number of rotatable bonds is 9. The number of carbonyl (C=O) groups is 2. The number of anilines is 1. The van der Waals surface area contributed by atoms with Crippen LogP contribution in [0.25, 0.3) is 11.0 Å². The van der Waals surface area contributed by atoms with Crippen LogP contribution < -0.4 is 5.32 Å². The van der Waals surface area contributed by atoms with Crippen LogP contribution in [0.4, 0.5) is 10.6 Å². The number of nitrogens with zero attached hydrogens (tertiary/aromatic N) is 3. The molecule has 1 fully saturated rings. The predicted molar refractivity (Wildman–Crippen MR) is 151 cm³/mol. The van der Waals surface area contributed by atoms with Crippen molar-refractivity contribution in [3.8, 4) is 12.3 Å². The van der Waals surface area contributed by atoms with Crippen molar-refractivity contribution in [1.82, 2.24) is 14.5 Å². The Morgan fingerprint density at radius 1 is 1.10 bits per heavy atom. The number of amides is 1. The zero-order valence-corrected chi connectivity index (χ0v) is 22.7. The van der Waals surface area contributed by atoms with Gasteiger partial charge in [0.15, 0.2) is 5.60 Å². The molecule has 4 aromatic rings. The standard InChI is InChI=1S/C30H27ClN4O6/c1-2-30(19-40-29(38)39-18-21-11-7-4-8-12-21)23(36)17-25(41-30)35-16-15-22-26(33-28(31)34-27(22)35)32-24(37)14-13-20-9-5-3-6-10-20/h1,3-12,15-16,23,25,36H,13-14,17-19H2,(H,32,33,34,37)/t23-,25+,30+/m0/s1. The maximum absolute atomic E-state index is 12.7. The second-order valence-corrected chi connectivity index (χ2v) is 9.84. The van der Waals surface area contributed by atoms with Gasteiger partial charge >= 0.3 is 6.16 Å². The summed E-state index contributed by atoms with van der Waals surface area (Å²) >= 11 is 6.21. The van der Waals surface area contributed by atoms with Gasteiger partial charge in [0, 0.05) is 19.0 Å². The number of nitrogens with one attached hydrogen (secondary N) is 1. The summed E-state index contributed by atoms with van der Waals surface area (Å²) in [6.45, 7) is -0.401. The number of benzene rings is 2. The maximum atomic E-state index is 12.7. The summed E-state index contributed by atoms with van der Waals surface area (Å²) < 4.78 is 18.1. The number of halogens is 1. The maximum Gasteiger partial charge on any atom is 0.508 e. The van der Waals surface area contributed by atoms with Gasteiger partial charge in [-0.15, -0.1) is 6.42 Å². The fraction of sp³-hybridized carbons (Fsp3) is 0.267. The zero-order chi connectivity index (χ0) is 28.8. The van der Waals surface area contributed by atoms with Crippen molar-refractivity contribution < 1.29 is 28.9 Å². The van der Waals surface area contributed by atoms with Crippen molar-refractivity contribution in [3.05, 3.63) is 89.3 Å². The molecule has 1 amide bonds. The third kappa shape index (κ3) is 6.49. The number of carbonyl (C=O) groups excluding carboxylic acids is 2. The molecule has 2 aromatic heterocycles. The molecule has 210 valence electrons. The van der Waals surface area contributed by atoms with Gasteiger partial charge in [0.2, 0.25) is 11.2 Å². The minimum Gasteiger partial charge on any atom is -0.430 e. The molecule has 0 spiro atoms. The molecule has 1 aliphatic rings. The number of aliphatic hydroxyl groups is 1. The van der Waals surface area contributed by atoms with Gasteiger partial charge in [-0.25, -0.2) is 4.79 Å². The van der Waals surface area contributed by atoms with Crippen LogP contribution in [0.5, 0.6) is 0 Å². The molecule has 3 heterocycles. The molecule has 2 aromatic carbocycles. The molecule has 41 heavy (non-hydrogen) atoms. The highest BCUT2D eigenvalue weighted by Gasteiger charge is 2.49. The van der Waals surface area contributed by atoms with Gasteiger partial charge in [-0.05, 0) is 35.2 Å². The van der Waals surface area contributed by atoms with Gasteiger partial charge in [0.1, 0.15) is 37.0 Å². The fourth-order valence-corrected chi connectivity index (χ4v) is 4.74. The molecule has 0 saturated carbocycles. The van der Waals surface area contributed by atoms with E-state index < -0.39 is 30.7 Å². The number of aromatic nitrogens is 3. The highest BCUT2D eigenvalue weighted by molar-refractivity contribution is 6.28. The van der Waals surface area contributed by atoms with Crippen LogP contribution in [0.15, 0.2) is 72.9 Å². The molecule has 3 atom stereocenters. The smallest absolute Gasteiger partial charge is 0.430 e. The van der Waals surface area contributed by atoms with Gasteiger partial charge < -0.3 is 29.2 Å². The Labute approximate surface area is 241 Å². The van der Waals surface area contributed by atoms with E-state index in [1.54, 1.807) is 16.8 Å². The van der Waals surface area contributed by atoms with E-state index in [0.717, 1.165) is 11.1 Å². The van der Waals surface area contributed by atoms with Crippen LogP contribution in [0, 0.1) is 12.3 Å². The molecule has 11 heteroatoms. The first-order chi connectivity index (χ1) is 19.9. The van der Waals surface area contributed by atoms with E-state index in [4.69, 9.17) is 32.2 Å². The van der Waals surface area contributed by atoms with Crippen molar-refractivity contribution in [2.24, 2.45) is 0 Å². The molecule has 2 N–H and O–H groups in total. The lowest BCUT2D eigenvalue weighted by molar-refractivity contribution is -0.116. The van der Waals surface area contributed by atoms with Crippen LogP contribution in [-0.2, 0) is 32.0 Å². The minimum absolute atomic E-state index is 0.0235. The average molecular weight is 575 g/mol. The Morgan fingerprint density at radius 2 is 1.80 bits per heavy atom. The first-order valence-corrected chi connectivity index (χ1v) is 13.3. The quantitative estimate of drug-likeness (QED) is 0.168. The van der Waals surface area contributed by atoms with Gasteiger partial charge in [-0.3, -0.25) is 4.79 Å². The highest BCUT2D eigenvalue weighted by Crippen LogP contribution is 2.39. The third-order valence-corrected chi connectivity index (χ3v) is 6.92. The first-order valence-electron chi connectivity index (χ1n) is 12.9. The van der Waals surface area contributed by atoms with Crippen molar-refractivity contribution >= 4 is 40.5 Å². The molecular formula is C30H27ClN4O6.